The Kier molecular flexibility index (Phi) is 5.46. The van der Waals surface area contributed by atoms with E-state index in [1.165, 1.54) is 0 Å². The lowest BCUT2D eigenvalue weighted by molar-refractivity contribution is 0.0747. The van der Waals surface area contributed by atoms with Crippen LogP contribution in [0.1, 0.15) is 42.8 Å². The molecule has 2 aromatic heterocycles. The Balaban J connectivity index is 1.69. The van der Waals surface area contributed by atoms with Gasteiger partial charge in [0.15, 0.2) is 5.82 Å². The highest BCUT2D eigenvalue weighted by Crippen LogP contribution is 2.18. The van der Waals surface area contributed by atoms with E-state index >= 15 is 0 Å². The quantitative estimate of drug-likeness (QED) is 0.704. The number of hydrogen-bond donors (Lipinski definition) is 1. The maximum Gasteiger partial charge on any atom is 0.254 e. The molecule has 1 aromatic carbocycles. The van der Waals surface area contributed by atoms with Crippen molar-refractivity contribution in [2.45, 2.75) is 33.7 Å². The summed E-state index contributed by atoms with van der Waals surface area (Å²) < 4.78 is 5.25. The molecule has 2 heterocycles. The Bertz CT molecular complexity index is 837. The smallest absolute Gasteiger partial charge is 0.254 e. The van der Waals surface area contributed by atoms with Crippen molar-refractivity contribution in [2.75, 3.05) is 6.54 Å². The third-order valence-electron chi connectivity index (χ3n) is 4.04. The number of hydrogen-bond acceptors (Lipinski definition) is 5. The molecule has 3 aromatic rings. The molecule has 0 spiro atoms. The van der Waals surface area contributed by atoms with Crippen LogP contribution in [0, 0.1) is 5.92 Å². The van der Waals surface area contributed by atoms with Gasteiger partial charge in [-0.2, -0.15) is 10.1 Å². The standard InChI is InChI=1S/C19H23N5O2/c1-4-24(12-17-21-18(26-23-17)11-13(2)3)19(25)15-7-5-14(6-8-15)16-9-10-20-22-16/h5-10,13H,4,11-12H2,1-3H3,(H,20,22). The van der Waals surface area contributed by atoms with E-state index in [1.807, 2.05) is 37.3 Å². The van der Waals surface area contributed by atoms with Crippen LogP contribution in [0.2, 0.25) is 0 Å². The first-order valence-corrected chi connectivity index (χ1v) is 8.77. The van der Waals surface area contributed by atoms with Crippen molar-refractivity contribution in [3.05, 3.63) is 53.8 Å². The van der Waals surface area contributed by atoms with Crippen molar-refractivity contribution in [3.8, 4) is 11.3 Å². The molecule has 7 heteroatoms. The molecule has 3 rings (SSSR count). The summed E-state index contributed by atoms with van der Waals surface area (Å²) >= 11 is 0. The van der Waals surface area contributed by atoms with Gasteiger partial charge >= 0.3 is 0 Å². The summed E-state index contributed by atoms with van der Waals surface area (Å²) in [7, 11) is 0. The molecule has 0 aliphatic heterocycles. The first-order valence-electron chi connectivity index (χ1n) is 8.77. The lowest BCUT2D eigenvalue weighted by atomic mass is 10.1. The maximum atomic E-state index is 12.8. The first-order chi connectivity index (χ1) is 12.6. The molecule has 1 N–H and O–H groups in total. The molecule has 0 fully saturated rings. The largest absolute Gasteiger partial charge is 0.339 e. The van der Waals surface area contributed by atoms with E-state index in [0.29, 0.717) is 36.3 Å². The zero-order valence-electron chi connectivity index (χ0n) is 15.3. The van der Waals surface area contributed by atoms with E-state index in [1.54, 1.807) is 11.1 Å². The van der Waals surface area contributed by atoms with Gasteiger partial charge in [-0.1, -0.05) is 31.1 Å². The van der Waals surface area contributed by atoms with Gasteiger partial charge in [0.2, 0.25) is 5.89 Å². The number of benzene rings is 1. The van der Waals surface area contributed by atoms with Crippen molar-refractivity contribution in [1.82, 2.24) is 25.2 Å². The second kappa shape index (κ2) is 7.95. The average molecular weight is 353 g/mol. The van der Waals surface area contributed by atoms with Gasteiger partial charge in [0.25, 0.3) is 5.91 Å². The Hall–Kier alpha value is -2.96. The lowest BCUT2D eigenvalue weighted by Crippen LogP contribution is -2.30. The summed E-state index contributed by atoms with van der Waals surface area (Å²) in [5, 5.41) is 10.8. The summed E-state index contributed by atoms with van der Waals surface area (Å²) in [6, 6.07) is 9.34. The van der Waals surface area contributed by atoms with Gasteiger partial charge in [-0.05, 0) is 36.6 Å². The van der Waals surface area contributed by atoms with Crippen LogP contribution in [0.3, 0.4) is 0 Å². The molecular weight excluding hydrogens is 330 g/mol. The molecule has 0 saturated carbocycles. The van der Waals surface area contributed by atoms with Crippen molar-refractivity contribution in [1.29, 1.82) is 0 Å². The minimum absolute atomic E-state index is 0.0566. The normalized spacial score (nSPS) is 11.1. The third-order valence-corrected chi connectivity index (χ3v) is 4.04. The summed E-state index contributed by atoms with van der Waals surface area (Å²) in [5.74, 6) is 1.53. The second-order valence-electron chi connectivity index (χ2n) is 6.57. The fourth-order valence-electron chi connectivity index (χ4n) is 2.68. The van der Waals surface area contributed by atoms with Gasteiger partial charge in [0.1, 0.15) is 0 Å². The molecule has 136 valence electrons. The Morgan fingerprint density at radius 2 is 2.00 bits per heavy atom. The Morgan fingerprint density at radius 3 is 2.62 bits per heavy atom. The minimum Gasteiger partial charge on any atom is -0.339 e. The second-order valence-corrected chi connectivity index (χ2v) is 6.57. The number of aromatic nitrogens is 4. The molecule has 1 amide bonds. The predicted octanol–water partition coefficient (Wildman–Crippen LogP) is 3.32. The third kappa shape index (κ3) is 4.17. The van der Waals surface area contributed by atoms with Gasteiger partial charge in [-0.3, -0.25) is 9.89 Å². The maximum absolute atomic E-state index is 12.8. The monoisotopic (exact) mass is 353 g/mol. The molecule has 0 saturated heterocycles. The van der Waals surface area contributed by atoms with Crippen molar-refractivity contribution < 1.29 is 9.32 Å². The summed E-state index contributed by atoms with van der Waals surface area (Å²) in [6.07, 6.45) is 2.44. The van der Waals surface area contributed by atoms with E-state index in [9.17, 15) is 4.79 Å². The van der Waals surface area contributed by atoms with Gasteiger partial charge < -0.3 is 9.42 Å². The topological polar surface area (TPSA) is 87.9 Å². The van der Waals surface area contributed by atoms with E-state index < -0.39 is 0 Å². The highest BCUT2D eigenvalue weighted by atomic mass is 16.5. The van der Waals surface area contributed by atoms with Gasteiger partial charge in [-0.25, -0.2) is 0 Å². The zero-order valence-corrected chi connectivity index (χ0v) is 15.3. The van der Waals surface area contributed by atoms with Crippen LogP contribution >= 0.6 is 0 Å². The Labute approximate surface area is 152 Å². The number of nitrogens with one attached hydrogen (secondary N) is 1. The molecular formula is C19H23N5O2. The highest BCUT2D eigenvalue weighted by Gasteiger charge is 2.18. The number of carbonyl (C=O) groups is 1. The molecule has 0 radical (unpaired) electrons. The molecule has 0 unspecified atom stereocenters. The summed E-state index contributed by atoms with van der Waals surface area (Å²) in [4.78, 5) is 18.9. The van der Waals surface area contributed by atoms with Crippen molar-refractivity contribution in [3.63, 3.8) is 0 Å². The van der Waals surface area contributed by atoms with Crippen molar-refractivity contribution >= 4 is 5.91 Å². The average Bonchev–Trinajstić information content (AvgIpc) is 3.31. The number of carbonyl (C=O) groups excluding carboxylic acids is 1. The predicted molar refractivity (Wildman–Crippen MR) is 97.3 cm³/mol. The zero-order chi connectivity index (χ0) is 18.5. The van der Waals surface area contributed by atoms with Gasteiger partial charge in [-0.15, -0.1) is 0 Å². The lowest BCUT2D eigenvalue weighted by Gasteiger charge is -2.19. The Morgan fingerprint density at radius 1 is 1.23 bits per heavy atom. The van der Waals surface area contributed by atoms with E-state index in [2.05, 4.69) is 34.2 Å². The van der Waals surface area contributed by atoms with Crippen LogP contribution in [0.15, 0.2) is 41.1 Å². The fourth-order valence-corrected chi connectivity index (χ4v) is 2.68. The van der Waals surface area contributed by atoms with Crippen LogP contribution in [-0.4, -0.2) is 37.7 Å². The van der Waals surface area contributed by atoms with E-state index in [4.69, 9.17) is 4.52 Å². The van der Waals surface area contributed by atoms with Crippen LogP contribution in [0.4, 0.5) is 0 Å². The molecule has 0 aliphatic rings. The van der Waals surface area contributed by atoms with Gasteiger partial charge in [0.05, 0.1) is 12.2 Å². The number of amides is 1. The molecule has 7 nitrogen and oxygen atoms in total. The van der Waals surface area contributed by atoms with Crippen molar-refractivity contribution in [2.24, 2.45) is 5.92 Å². The number of aromatic amines is 1. The SMILES string of the molecule is CCN(Cc1noc(CC(C)C)n1)C(=O)c1ccc(-c2ccn[nH]2)cc1. The molecule has 0 atom stereocenters. The number of nitrogens with zero attached hydrogens (tertiary/aromatic N) is 4. The molecule has 0 aliphatic carbocycles. The van der Waals surface area contributed by atoms with Crippen LogP contribution in [-0.2, 0) is 13.0 Å². The number of rotatable bonds is 7. The summed E-state index contributed by atoms with van der Waals surface area (Å²) in [5.41, 5.74) is 2.53. The molecule has 0 bridgehead atoms. The van der Waals surface area contributed by atoms with Gasteiger partial charge in [0, 0.05) is 24.7 Å². The fraction of sp³-hybridized carbons (Fsp3) is 0.368. The summed E-state index contributed by atoms with van der Waals surface area (Å²) in [6.45, 7) is 7.03. The number of H-pyrrole nitrogens is 1. The minimum atomic E-state index is -0.0566. The van der Waals surface area contributed by atoms with Crippen LogP contribution in [0.5, 0.6) is 0 Å². The highest BCUT2D eigenvalue weighted by molar-refractivity contribution is 5.94. The van der Waals surface area contributed by atoms with E-state index in [-0.39, 0.29) is 5.91 Å². The van der Waals surface area contributed by atoms with E-state index in [0.717, 1.165) is 17.7 Å². The first kappa shape index (κ1) is 17.8. The van der Waals surface area contributed by atoms with Crippen LogP contribution in [0.25, 0.3) is 11.3 Å². The van der Waals surface area contributed by atoms with Crippen LogP contribution < -0.4 is 0 Å². The molecule has 26 heavy (non-hydrogen) atoms.